The van der Waals surface area contributed by atoms with Crippen LogP contribution in [0.15, 0.2) is 30.3 Å². The summed E-state index contributed by atoms with van der Waals surface area (Å²) in [5, 5.41) is 5.47. The molecule has 1 aromatic carbocycles. The maximum atomic E-state index is 12.0. The van der Waals surface area contributed by atoms with Crippen LogP contribution in [0, 0.1) is 0 Å². The van der Waals surface area contributed by atoms with E-state index >= 15 is 0 Å². The second-order valence-electron chi connectivity index (χ2n) is 6.83. The van der Waals surface area contributed by atoms with Gasteiger partial charge in [0.05, 0.1) is 6.61 Å². The van der Waals surface area contributed by atoms with Crippen molar-refractivity contribution in [1.29, 1.82) is 0 Å². The summed E-state index contributed by atoms with van der Waals surface area (Å²) in [5.41, 5.74) is -0.860. The van der Waals surface area contributed by atoms with Crippen molar-refractivity contribution in [3.63, 3.8) is 0 Å². The van der Waals surface area contributed by atoms with Crippen LogP contribution in [0.1, 0.15) is 39.5 Å². The van der Waals surface area contributed by atoms with Gasteiger partial charge in [-0.2, -0.15) is 0 Å². The van der Waals surface area contributed by atoms with E-state index in [0.717, 1.165) is 18.6 Å². The van der Waals surface area contributed by atoms with Gasteiger partial charge in [-0.15, -0.1) is 0 Å². The summed E-state index contributed by atoms with van der Waals surface area (Å²) in [6, 6.07) is 9.22. The monoisotopic (exact) mass is 361 g/mol. The van der Waals surface area contributed by atoms with Gasteiger partial charge in [-0.25, -0.2) is 4.79 Å². The molecule has 142 valence electrons. The predicted octanol–water partition coefficient (Wildman–Crippen LogP) is 2.07. The number of hydrogen-bond acceptors (Lipinski definition) is 4. The summed E-state index contributed by atoms with van der Waals surface area (Å²) in [6.45, 7) is 4.80. The third-order valence-electron chi connectivity index (χ3n) is 4.14. The Morgan fingerprint density at radius 1 is 1.15 bits per heavy atom. The number of hydrogen-bond donors (Lipinski definition) is 2. The molecule has 1 aliphatic rings. The number of nitrogens with one attached hydrogen (secondary N) is 2. The molecule has 0 aliphatic carbocycles. The van der Waals surface area contributed by atoms with Gasteiger partial charge in [0.1, 0.15) is 11.3 Å². The zero-order chi connectivity index (χ0) is 19.0. The summed E-state index contributed by atoms with van der Waals surface area (Å²) in [5.74, 6) is 0.529. The van der Waals surface area contributed by atoms with E-state index in [2.05, 4.69) is 10.6 Å². The van der Waals surface area contributed by atoms with Gasteiger partial charge in [0.2, 0.25) is 5.91 Å². The zero-order valence-corrected chi connectivity index (χ0v) is 15.4. The Bertz CT molecular complexity index is 631. The fourth-order valence-electron chi connectivity index (χ4n) is 2.67. The Morgan fingerprint density at radius 2 is 1.88 bits per heavy atom. The highest BCUT2D eigenvalue weighted by molar-refractivity contribution is 6.06. The Kier molecular flexibility index (Phi) is 7.00. The average Bonchev–Trinajstić information content (AvgIpc) is 2.80. The lowest BCUT2D eigenvalue weighted by molar-refractivity contribution is -0.130. The molecule has 0 unspecified atom stereocenters. The van der Waals surface area contributed by atoms with Crippen LogP contribution in [0.25, 0.3) is 0 Å². The Balaban J connectivity index is 1.51. The highest BCUT2D eigenvalue weighted by Gasteiger charge is 2.43. The van der Waals surface area contributed by atoms with Gasteiger partial charge in [-0.3, -0.25) is 14.5 Å². The van der Waals surface area contributed by atoms with Crippen molar-refractivity contribution < 1.29 is 19.1 Å². The van der Waals surface area contributed by atoms with Crippen molar-refractivity contribution in [2.75, 3.05) is 19.7 Å². The Hall–Kier alpha value is -2.57. The first kappa shape index (κ1) is 19.8. The van der Waals surface area contributed by atoms with Crippen LogP contribution in [-0.4, -0.2) is 48.0 Å². The van der Waals surface area contributed by atoms with E-state index in [0.29, 0.717) is 19.6 Å². The molecule has 1 aliphatic heterocycles. The number of rotatable bonds is 10. The van der Waals surface area contributed by atoms with Crippen LogP contribution in [0.3, 0.4) is 0 Å². The first-order valence-corrected chi connectivity index (χ1v) is 8.99. The zero-order valence-electron chi connectivity index (χ0n) is 15.4. The Labute approximate surface area is 154 Å². The lowest BCUT2D eigenvalue weighted by Gasteiger charge is -2.15. The van der Waals surface area contributed by atoms with Crippen molar-refractivity contribution in [3.8, 4) is 5.75 Å². The normalized spacial score (nSPS) is 15.7. The molecule has 1 aromatic rings. The molecular weight excluding hydrogens is 334 g/mol. The van der Waals surface area contributed by atoms with E-state index in [4.69, 9.17) is 4.74 Å². The molecule has 7 heteroatoms. The molecule has 1 heterocycles. The summed E-state index contributed by atoms with van der Waals surface area (Å²) in [6.07, 6.45) is 2.43. The largest absolute Gasteiger partial charge is 0.494 e. The molecule has 0 aromatic heterocycles. The number of carbonyl (C=O) groups is 3. The molecular formula is C19H27N3O4. The summed E-state index contributed by atoms with van der Waals surface area (Å²) < 4.78 is 5.58. The molecule has 0 radical (unpaired) electrons. The Morgan fingerprint density at radius 3 is 2.54 bits per heavy atom. The number of urea groups is 1. The summed E-state index contributed by atoms with van der Waals surface area (Å²) in [4.78, 5) is 36.7. The summed E-state index contributed by atoms with van der Waals surface area (Å²) >= 11 is 0. The molecule has 1 fully saturated rings. The van der Waals surface area contributed by atoms with Gasteiger partial charge < -0.3 is 15.4 Å². The smallest absolute Gasteiger partial charge is 0.325 e. The number of ether oxygens (including phenoxy) is 1. The molecule has 0 atom stereocenters. The number of amides is 4. The van der Waals surface area contributed by atoms with Crippen LogP contribution in [-0.2, 0) is 9.59 Å². The maximum absolute atomic E-state index is 12.0. The molecule has 1 saturated heterocycles. The molecule has 0 bridgehead atoms. The second-order valence-corrected chi connectivity index (χ2v) is 6.83. The van der Waals surface area contributed by atoms with Crippen molar-refractivity contribution in [3.05, 3.63) is 30.3 Å². The van der Waals surface area contributed by atoms with Crippen molar-refractivity contribution in [2.24, 2.45) is 0 Å². The van der Waals surface area contributed by atoms with Crippen LogP contribution in [0.5, 0.6) is 5.75 Å². The average molecular weight is 361 g/mol. The number of nitrogens with zero attached hydrogens (tertiary/aromatic N) is 1. The maximum Gasteiger partial charge on any atom is 0.325 e. The minimum Gasteiger partial charge on any atom is -0.494 e. The van der Waals surface area contributed by atoms with Crippen LogP contribution in [0.2, 0.25) is 0 Å². The topological polar surface area (TPSA) is 87.7 Å². The fourth-order valence-corrected chi connectivity index (χ4v) is 2.67. The van der Waals surface area contributed by atoms with Gasteiger partial charge in [0, 0.05) is 19.5 Å². The van der Waals surface area contributed by atoms with Gasteiger partial charge in [0.15, 0.2) is 0 Å². The minimum atomic E-state index is -0.860. The second kappa shape index (κ2) is 9.22. The van der Waals surface area contributed by atoms with Crippen LogP contribution in [0.4, 0.5) is 4.79 Å². The molecule has 26 heavy (non-hydrogen) atoms. The van der Waals surface area contributed by atoms with Gasteiger partial charge in [0.25, 0.3) is 5.91 Å². The number of benzene rings is 1. The van der Waals surface area contributed by atoms with E-state index < -0.39 is 5.54 Å². The van der Waals surface area contributed by atoms with Crippen molar-refractivity contribution in [2.45, 2.75) is 45.1 Å². The third-order valence-corrected chi connectivity index (χ3v) is 4.14. The molecule has 2 N–H and O–H groups in total. The number of imide groups is 1. The molecule has 0 saturated carbocycles. The lowest BCUT2D eigenvalue weighted by atomic mass is 10.1. The van der Waals surface area contributed by atoms with E-state index in [1.54, 1.807) is 13.8 Å². The van der Waals surface area contributed by atoms with E-state index in [1.165, 1.54) is 4.90 Å². The van der Waals surface area contributed by atoms with E-state index in [1.807, 2.05) is 30.3 Å². The van der Waals surface area contributed by atoms with Crippen molar-refractivity contribution in [1.82, 2.24) is 15.5 Å². The van der Waals surface area contributed by atoms with Crippen molar-refractivity contribution >= 4 is 17.8 Å². The third kappa shape index (κ3) is 5.75. The quantitative estimate of drug-likeness (QED) is 0.493. The number of unbranched alkanes of at least 4 members (excludes halogenated alkanes) is 1. The van der Waals surface area contributed by atoms with E-state index in [-0.39, 0.29) is 30.8 Å². The van der Waals surface area contributed by atoms with Gasteiger partial charge in [-0.05, 0) is 45.2 Å². The first-order valence-electron chi connectivity index (χ1n) is 8.99. The molecule has 2 rings (SSSR count). The standard InChI is InChI=1S/C19H27N3O4/c1-19(2)17(24)22(18(25)21-19)13-8-11-16(23)20-12-6-7-14-26-15-9-4-3-5-10-15/h3-5,9-10H,6-8,11-14H2,1-2H3,(H,20,23)(H,21,25). The lowest BCUT2D eigenvalue weighted by Crippen LogP contribution is -2.40. The molecule has 4 amide bonds. The SMILES string of the molecule is CC1(C)NC(=O)N(CCCC(=O)NCCCCOc2ccccc2)C1=O. The van der Waals surface area contributed by atoms with Crippen LogP contribution >= 0.6 is 0 Å². The number of para-hydroxylation sites is 1. The fraction of sp³-hybridized carbons (Fsp3) is 0.526. The molecule has 0 spiro atoms. The minimum absolute atomic E-state index is 0.0692. The first-order chi connectivity index (χ1) is 12.4. The number of carbonyl (C=O) groups excluding carboxylic acids is 3. The highest BCUT2D eigenvalue weighted by atomic mass is 16.5. The summed E-state index contributed by atoms with van der Waals surface area (Å²) in [7, 11) is 0. The highest BCUT2D eigenvalue weighted by Crippen LogP contribution is 2.16. The molecule has 7 nitrogen and oxygen atoms in total. The predicted molar refractivity (Wildman–Crippen MR) is 97.7 cm³/mol. The van der Waals surface area contributed by atoms with Gasteiger partial charge in [-0.1, -0.05) is 18.2 Å². The van der Waals surface area contributed by atoms with Crippen LogP contribution < -0.4 is 15.4 Å². The van der Waals surface area contributed by atoms with E-state index in [9.17, 15) is 14.4 Å². The van der Waals surface area contributed by atoms with Gasteiger partial charge >= 0.3 is 6.03 Å².